The van der Waals surface area contributed by atoms with Gasteiger partial charge in [0.15, 0.2) is 0 Å². The molecule has 158 valence electrons. The Labute approximate surface area is 169 Å². The monoisotopic (exact) mass is 404 g/mol. The summed E-state index contributed by atoms with van der Waals surface area (Å²) in [5, 5.41) is 46.3. The van der Waals surface area contributed by atoms with Crippen LogP contribution in [0.15, 0.2) is 29.8 Å². The molecular formula is C21H28N2O6. The molecule has 1 aliphatic rings. The molecule has 0 amide bonds. The third kappa shape index (κ3) is 4.85. The number of aliphatic hydroxyl groups excluding tert-OH is 4. The van der Waals surface area contributed by atoms with Crippen LogP contribution in [0.3, 0.4) is 0 Å². The Bertz CT molecular complexity index is 841. The van der Waals surface area contributed by atoms with Gasteiger partial charge in [-0.15, -0.1) is 5.10 Å². The van der Waals surface area contributed by atoms with Gasteiger partial charge in [-0.2, -0.15) is 0 Å². The highest BCUT2D eigenvalue weighted by Crippen LogP contribution is 2.28. The van der Waals surface area contributed by atoms with E-state index in [0.29, 0.717) is 6.42 Å². The number of aryl methyl sites for hydroxylation is 1. The highest BCUT2D eigenvalue weighted by atomic mass is 16.7. The van der Waals surface area contributed by atoms with Crippen LogP contribution in [-0.4, -0.2) is 67.9 Å². The molecule has 2 aromatic rings. The van der Waals surface area contributed by atoms with Crippen molar-refractivity contribution in [3.8, 4) is 5.88 Å². The number of aromatic nitrogens is 2. The third-order valence-corrected chi connectivity index (χ3v) is 4.93. The maximum Gasteiger partial charge on any atom is 0.238 e. The van der Waals surface area contributed by atoms with Crippen LogP contribution in [-0.2, 0) is 11.2 Å². The Balaban J connectivity index is 1.76. The first-order valence-corrected chi connectivity index (χ1v) is 9.55. The van der Waals surface area contributed by atoms with Crippen LogP contribution < -0.4 is 4.74 Å². The standard InChI is InChI=1S/C21H28N2O6/c1-11(2)8-13-4-6-14(7-5-13)9-15-12(3)22-23-20(15)29-21-19(27)18(26)17(25)16(10-24)28-21/h4-8,16-19,21,24-27H,9-10H2,1-3H3,(H,22,23)/t16-,17-,18+,19-,21?/m1/s1. The van der Waals surface area contributed by atoms with Crippen molar-refractivity contribution in [1.82, 2.24) is 10.2 Å². The van der Waals surface area contributed by atoms with E-state index in [1.807, 2.05) is 45.0 Å². The van der Waals surface area contributed by atoms with Crippen LogP contribution in [0, 0.1) is 6.92 Å². The zero-order valence-corrected chi connectivity index (χ0v) is 16.7. The van der Waals surface area contributed by atoms with Gasteiger partial charge < -0.3 is 29.9 Å². The normalized spacial score (nSPS) is 26.9. The third-order valence-electron chi connectivity index (χ3n) is 4.93. The average molecular weight is 404 g/mol. The molecule has 3 rings (SSSR count). The molecule has 0 aliphatic carbocycles. The summed E-state index contributed by atoms with van der Waals surface area (Å²) in [6.07, 6.45) is -4.09. The lowest BCUT2D eigenvalue weighted by Gasteiger charge is -2.39. The van der Waals surface area contributed by atoms with Gasteiger partial charge in [-0.25, -0.2) is 0 Å². The van der Waals surface area contributed by atoms with Crippen LogP contribution in [0.1, 0.15) is 36.2 Å². The summed E-state index contributed by atoms with van der Waals surface area (Å²) in [4.78, 5) is 0. The molecule has 29 heavy (non-hydrogen) atoms. The number of aliphatic hydroxyl groups is 4. The smallest absolute Gasteiger partial charge is 0.238 e. The highest BCUT2D eigenvalue weighted by Gasteiger charge is 2.45. The van der Waals surface area contributed by atoms with Gasteiger partial charge in [0, 0.05) is 17.7 Å². The predicted octanol–water partition coefficient (Wildman–Crippen LogP) is 0.911. The van der Waals surface area contributed by atoms with Crippen LogP contribution in [0.5, 0.6) is 5.88 Å². The maximum absolute atomic E-state index is 10.2. The number of nitrogens with one attached hydrogen (secondary N) is 1. The summed E-state index contributed by atoms with van der Waals surface area (Å²) >= 11 is 0. The summed E-state index contributed by atoms with van der Waals surface area (Å²) < 4.78 is 11.1. The van der Waals surface area contributed by atoms with E-state index in [2.05, 4.69) is 16.3 Å². The van der Waals surface area contributed by atoms with Crippen molar-refractivity contribution < 1.29 is 29.9 Å². The molecule has 1 aromatic carbocycles. The fourth-order valence-electron chi connectivity index (χ4n) is 3.28. The largest absolute Gasteiger partial charge is 0.443 e. The number of benzene rings is 1. The first-order chi connectivity index (χ1) is 13.8. The van der Waals surface area contributed by atoms with E-state index in [1.165, 1.54) is 5.57 Å². The molecule has 0 spiro atoms. The summed E-state index contributed by atoms with van der Waals surface area (Å²) in [5.41, 5.74) is 4.99. The molecule has 0 bridgehead atoms. The molecule has 1 fully saturated rings. The molecule has 8 heteroatoms. The number of hydrogen-bond donors (Lipinski definition) is 5. The van der Waals surface area contributed by atoms with E-state index < -0.39 is 37.3 Å². The minimum absolute atomic E-state index is 0.236. The molecule has 0 radical (unpaired) electrons. The average Bonchev–Trinajstić information content (AvgIpc) is 3.03. The molecule has 1 aliphatic heterocycles. The summed E-state index contributed by atoms with van der Waals surface area (Å²) in [6.45, 7) is 5.44. The fraction of sp³-hybridized carbons (Fsp3) is 0.476. The Morgan fingerprint density at radius 1 is 1.14 bits per heavy atom. The minimum atomic E-state index is -1.50. The van der Waals surface area contributed by atoms with Crippen molar-refractivity contribution in [3.63, 3.8) is 0 Å². The van der Waals surface area contributed by atoms with Crippen molar-refractivity contribution in [2.75, 3.05) is 6.61 Å². The molecule has 1 saturated heterocycles. The van der Waals surface area contributed by atoms with Crippen LogP contribution >= 0.6 is 0 Å². The molecular weight excluding hydrogens is 376 g/mol. The highest BCUT2D eigenvalue weighted by molar-refractivity contribution is 5.52. The Kier molecular flexibility index (Phi) is 6.71. The van der Waals surface area contributed by atoms with Crippen molar-refractivity contribution in [3.05, 3.63) is 52.2 Å². The van der Waals surface area contributed by atoms with Crippen molar-refractivity contribution in [1.29, 1.82) is 0 Å². The quantitative estimate of drug-likeness (QED) is 0.484. The van der Waals surface area contributed by atoms with Gasteiger partial charge in [-0.1, -0.05) is 35.9 Å². The maximum atomic E-state index is 10.2. The number of hydrogen-bond acceptors (Lipinski definition) is 7. The zero-order valence-electron chi connectivity index (χ0n) is 16.7. The summed E-state index contributed by atoms with van der Waals surface area (Å²) in [5.74, 6) is 0.236. The molecule has 0 saturated carbocycles. The minimum Gasteiger partial charge on any atom is -0.443 e. The van der Waals surface area contributed by atoms with Gasteiger partial charge in [-0.05, 0) is 31.9 Å². The first kappa shape index (κ1) is 21.5. The molecule has 5 atom stereocenters. The van der Waals surface area contributed by atoms with Crippen molar-refractivity contribution in [2.45, 2.75) is 57.9 Å². The molecule has 8 nitrogen and oxygen atoms in total. The van der Waals surface area contributed by atoms with E-state index in [-0.39, 0.29) is 5.88 Å². The van der Waals surface area contributed by atoms with Gasteiger partial charge in [0.2, 0.25) is 12.2 Å². The van der Waals surface area contributed by atoms with Gasteiger partial charge in [0.05, 0.1) is 6.61 Å². The number of nitrogens with zero attached hydrogens (tertiary/aromatic N) is 1. The SMILES string of the molecule is CC(C)=Cc1ccc(Cc2c(OC3O[C@H](CO)[C@@H](O)[C@H](O)[C@H]3O)n[nH]c2C)cc1. The topological polar surface area (TPSA) is 128 Å². The van der Waals surface area contributed by atoms with E-state index >= 15 is 0 Å². The number of allylic oxidation sites excluding steroid dienone is 1. The first-order valence-electron chi connectivity index (χ1n) is 9.55. The van der Waals surface area contributed by atoms with E-state index in [0.717, 1.165) is 22.4 Å². The lowest BCUT2D eigenvalue weighted by molar-refractivity contribution is -0.278. The Hall–Kier alpha value is -2.23. The van der Waals surface area contributed by atoms with Crippen LogP contribution in [0.25, 0.3) is 6.08 Å². The second-order valence-electron chi connectivity index (χ2n) is 7.59. The molecule has 1 unspecified atom stereocenters. The van der Waals surface area contributed by atoms with Gasteiger partial charge in [0.25, 0.3) is 0 Å². The number of ether oxygens (including phenoxy) is 2. The molecule has 1 aromatic heterocycles. The van der Waals surface area contributed by atoms with Crippen LogP contribution in [0.2, 0.25) is 0 Å². The summed E-state index contributed by atoms with van der Waals surface area (Å²) in [6, 6.07) is 8.13. The van der Waals surface area contributed by atoms with E-state index in [4.69, 9.17) is 9.47 Å². The fourth-order valence-corrected chi connectivity index (χ4v) is 3.28. The second kappa shape index (κ2) is 9.06. The van der Waals surface area contributed by atoms with E-state index in [1.54, 1.807) is 0 Å². The number of rotatable bonds is 6. The van der Waals surface area contributed by atoms with E-state index in [9.17, 15) is 20.4 Å². The van der Waals surface area contributed by atoms with Crippen LogP contribution in [0.4, 0.5) is 0 Å². The number of H-pyrrole nitrogens is 1. The lowest BCUT2D eigenvalue weighted by atomic mass is 9.99. The van der Waals surface area contributed by atoms with Crippen molar-refractivity contribution >= 4 is 6.08 Å². The predicted molar refractivity (Wildman–Crippen MR) is 106 cm³/mol. The van der Waals surface area contributed by atoms with Gasteiger partial charge in [0.1, 0.15) is 24.4 Å². The summed E-state index contributed by atoms with van der Waals surface area (Å²) in [7, 11) is 0. The zero-order chi connectivity index (χ0) is 21.1. The second-order valence-corrected chi connectivity index (χ2v) is 7.59. The van der Waals surface area contributed by atoms with Gasteiger partial charge in [-0.3, -0.25) is 5.10 Å². The Morgan fingerprint density at radius 3 is 2.45 bits per heavy atom. The Morgan fingerprint density at radius 2 is 1.83 bits per heavy atom. The molecule has 5 N–H and O–H groups in total. The van der Waals surface area contributed by atoms with Gasteiger partial charge >= 0.3 is 0 Å². The number of aromatic amines is 1. The lowest BCUT2D eigenvalue weighted by Crippen LogP contribution is -2.60. The van der Waals surface area contributed by atoms with Crippen molar-refractivity contribution in [2.24, 2.45) is 0 Å². The molecule has 2 heterocycles.